The second-order valence-electron chi connectivity index (χ2n) is 6.27. The molecule has 1 aliphatic heterocycles. The second-order valence-corrected chi connectivity index (χ2v) is 6.99. The Labute approximate surface area is 168 Å². The molecule has 2 aromatic heterocycles. The van der Waals surface area contributed by atoms with Crippen molar-refractivity contribution in [1.29, 1.82) is 0 Å². The molecule has 0 aromatic carbocycles. The van der Waals surface area contributed by atoms with Gasteiger partial charge < -0.3 is 19.9 Å². The van der Waals surface area contributed by atoms with Gasteiger partial charge in [-0.3, -0.25) is 9.36 Å². The molecule has 146 valence electrons. The molecule has 27 heavy (non-hydrogen) atoms. The third-order valence-corrected chi connectivity index (χ3v) is 5.33. The van der Waals surface area contributed by atoms with E-state index in [-0.39, 0.29) is 23.9 Å². The Morgan fingerprint density at radius 2 is 2.33 bits per heavy atom. The number of carbonyl (C=O) groups is 1. The molecule has 0 radical (unpaired) electrons. The zero-order chi connectivity index (χ0) is 19.4. The number of carbonyl (C=O) groups excluding carboxylic acids is 1. The molecule has 1 amide bonds. The first kappa shape index (κ1) is 19.8. The van der Waals surface area contributed by atoms with E-state index in [1.165, 1.54) is 0 Å². The summed E-state index contributed by atoms with van der Waals surface area (Å²) in [6.07, 6.45) is 6.41. The number of nitrogens with one attached hydrogen (secondary N) is 2. The fraction of sp³-hybridized carbons (Fsp3) is 0.529. The number of aromatic nitrogens is 4. The highest BCUT2D eigenvalue weighted by atomic mass is 35.5. The largest absolute Gasteiger partial charge is 0.375 e. The number of likely N-dealkylation sites (tertiary alicyclic amines) is 1. The molecule has 1 aliphatic rings. The molecule has 2 N–H and O–H groups in total. The van der Waals surface area contributed by atoms with E-state index in [4.69, 9.17) is 28.6 Å². The summed E-state index contributed by atoms with van der Waals surface area (Å²) in [5.74, 6) is -0.0552. The van der Waals surface area contributed by atoms with E-state index in [0.29, 0.717) is 42.8 Å². The number of hydrogen-bond acceptors (Lipinski definition) is 5. The van der Waals surface area contributed by atoms with E-state index in [2.05, 4.69) is 25.2 Å². The van der Waals surface area contributed by atoms with Gasteiger partial charge in [0.1, 0.15) is 6.33 Å². The summed E-state index contributed by atoms with van der Waals surface area (Å²) in [5, 5.41) is 4.03. The minimum absolute atomic E-state index is 0.131. The lowest BCUT2D eigenvalue weighted by molar-refractivity contribution is 0.000172. The SMILES string of the molecule is CCOC1CN(C(=S)n2ccnc2)CCC1NC(=O)c1nc(Cl)c(CC)[nH]1. The number of H-pyrrole nitrogens is 1. The number of aromatic amines is 1. The van der Waals surface area contributed by atoms with Crippen LogP contribution in [-0.2, 0) is 11.2 Å². The maximum atomic E-state index is 12.6. The Morgan fingerprint density at radius 3 is 2.96 bits per heavy atom. The summed E-state index contributed by atoms with van der Waals surface area (Å²) in [4.78, 5) is 25.8. The van der Waals surface area contributed by atoms with Gasteiger partial charge in [-0.05, 0) is 32.0 Å². The van der Waals surface area contributed by atoms with Crippen LogP contribution in [0.25, 0.3) is 0 Å². The lowest BCUT2D eigenvalue weighted by Gasteiger charge is -2.39. The first-order chi connectivity index (χ1) is 13.0. The van der Waals surface area contributed by atoms with Gasteiger partial charge >= 0.3 is 0 Å². The second kappa shape index (κ2) is 8.81. The monoisotopic (exact) mass is 410 g/mol. The van der Waals surface area contributed by atoms with Crippen LogP contribution in [0.3, 0.4) is 0 Å². The molecule has 1 saturated heterocycles. The van der Waals surface area contributed by atoms with Crippen LogP contribution in [0.5, 0.6) is 0 Å². The zero-order valence-electron chi connectivity index (χ0n) is 15.3. The molecule has 0 aliphatic carbocycles. The highest BCUT2D eigenvalue weighted by molar-refractivity contribution is 7.80. The van der Waals surface area contributed by atoms with Crippen LogP contribution in [-0.4, -0.2) is 67.3 Å². The van der Waals surface area contributed by atoms with Gasteiger partial charge in [0.2, 0.25) is 0 Å². The topological polar surface area (TPSA) is 88.1 Å². The van der Waals surface area contributed by atoms with E-state index in [9.17, 15) is 4.79 Å². The third-order valence-electron chi connectivity index (χ3n) is 4.55. The third kappa shape index (κ3) is 4.48. The smallest absolute Gasteiger partial charge is 0.287 e. The van der Waals surface area contributed by atoms with Gasteiger partial charge in [0, 0.05) is 32.1 Å². The van der Waals surface area contributed by atoms with Crippen LogP contribution in [0.2, 0.25) is 5.15 Å². The summed E-state index contributed by atoms with van der Waals surface area (Å²) in [6, 6.07) is -0.131. The standard InChI is InChI=1S/C17H23ClN6O2S/c1-3-11-14(18)22-15(20-11)16(25)21-12-5-7-23(9-13(12)26-4-2)17(27)24-8-6-19-10-24/h6,8,10,12-13H,3-5,7,9H2,1-2H3,(H,20,22)(H,21,25). The summed E-state index contributed by atoms with van der Waals surface area (Å²) in [6.45, 7) is 5.74. The number of nitrogens with zero attached hydrogens (tertiary/aromatic N) is 4. The van der Waals surface area contributed by atoms with Crippen LogP contribution in [0.15, 0.2) is 18.7 Å². The zero-order valence-corrected chi connectivity index (χ0v) is 16.9. The number of halogens is 1. The van der Waals surface area contributed by atoms with Gasteiger partial charge in [-0.15, -0.1) is 0 Å². The first-order valence-electron chi connectivity index (χ1n) is 8.97. The van der Waals surface area contributed by atoms with E-state index >= 15 is 0 Å². The number of aryl methyl sites for hydroxylation is 1. The summed E-state index contributed by atoms with van der Waals surface area (Å²) in [5.41, 5.74) is 0.753. The minimum Gasteiger partial charge on any atom is -0.375 e. The van der Waals surface area contributed by atoms with Crippen molar-refractivity contribution in [3.8, 4) is 0 Å². The molecule has 10 heteroatoms. The molecule has 8 nitrogen and oxygen atoms in total. The molecule has 2 atom stereocenters. The lowest BCUT2D eigenvalue weighted by atomic mass is 10.0. The maximum Gasteiger partial charge on any atom is 0.287 e. The number of amides is 1. The maximum absolute atomic E-state index is 12.6. The average molecular weight is 411 g/mol. The van der Waals surface area contributed by atoms with Crippen molar-refractivity contribution in [2.45, 2.75) is 38.8 Å². The van der Waals surface area contributed by atoms with Crippen molar-refractivity contribution >= 4 is 34.8 Å². The Hall–Kier alpha value is -1.97. The van der Waals surface area contributed by atoms with Crippen LogP contribution >= 0.6 is 23.8 Å². The van der Waals surface area contributed by atoms with Crippen molar-refractivity contribution in [2.75, 3.05) is 19.7 Å². The molecular weight excluding hydrogens is 388 g/mol. The van der Waals surface area contributed by atoms with Gasteiger partial charge in [0.15, 0.2) is 16.1 Å². The van der Waals surface area contributed by atoms with Crippen molar-refractivity contribution < 1.29 is 9.53 Å². The molecule has 0 spiro atoms. The molecule has 0 saturated carbocycles. The van der Waals surface area contributed by atoms with E-state index in [1.807, 2.05) is 20.0 Å². The Bertz CT molecular complexity index is 793. The van der Waals surface area contributed by atoms with Gasteiger partial charge in [0.25, 0.3) is 5.91 Å². The molecule has 3 rings (SSSR count). The molecule has 2 aromatic rings. The number of hydrogen-bond donors (Lipinski definition) is 2. The minimum atomic E-state index is -0.281. The summed E-state index contributed by atoms with van der Waals surface area (Å²) in [7, 11) is 0. The summed E-state index contributed by atoms with van der Waals surface area (Å²) < 4.78 is 7.68. The first-order valence-corrected chi connectivity index (χ1v) is 9.76. The van der Waals surface area contributed by atoms with Gasteiger partial charge in [0.05, 0.1) is 17.8 Å². The predicted molar refractivity (Wildman–Crippen MR) is 106 cm³/mol. The average Bonchev–Trinajstić information content (AvgIpc) is 3.32. The Morgan fingerprint density at radius 1 is 1.52 bits per heavy atom. The van der Waals surface area contributed by atoms with Crippen molar-refractivity contribution in [3.05, 3.63) is 35.4 Å². The van der Waals surface area contributed by atoms with Gasteiger partial charge in [-0.25, -0.2) is 9.97 Å². The Balaban J connectivity index is 1.66. The van der Waals surface area contributed by atoms with Crippen molar-refractivity contribution in [3.63, 3.8) is 0 Å². The fourth-order valence-corrected chi connectivity index (χ4v) is 3.68. The molecule has 3 heterocycles. The Kier molecular flexibility index (Phi) is 6.46. The molecule has 2 unspecified atom stereocenters. The number of thiocarbonyl (C=S) groups is 1. The molecular formula is C17H23ClN6O2S. The van der Waals surface area contributed by atoms with Gasteiger partial charge in [-0.1, -0.05) is 18.5 Å². The highest BCUT2D eigenvalue weighted by Crippen LogP contribution is 2.18. The lowest BCUT2D eigenvalue weighted by Crippen LogP contribution is -2.56. The number of rotatable bonds is 5. The molecule has 1 fully saturated rings. The van der Waals surface area contributed by atoms with E-state index in [1.54, 1.807) is 17.1 Å². The highest BCUT2D eigenvalue weighted by Gasteiger charge is 2.33. The van der Waals surface area contributed by atoms with E-state index in [0.717, 1.165) is 5.69 Å². The van der Waals surface area contributed by atoms with E-state index < -0.39 is 0 Å². The predicted octanol–water partition coefficient (Wildman–Crippen LogP) is 1.86. The van der Waals surface area contributed by atoms with Crippen LogP contribution in [0, 0.1) is 0 Å². The van der Waals surface area contributed by atoms with Crippen LogP contribution in [0.1, 0.15) is 36.6 Å². The number of piperidine rings is 1. The van der Waals surface area contributed by atoms with Gasteiger partial charge in [-0.2, -0.15) is 0 Å². The fourth-order valence-electron chi connectivity index (χ4n) is 3.14. The summed E-state index contributed by atoms with van der Waals surface area (Å²) >= 11 is 11.6. The van der Waals surface area contributed by atoms with Crippen LogP contribution < -0.4 is 5.32 Å². The van der Waals surface area contributed by atoms with Crippen LogP contribution in [0.4, 0.5) is 0 Å². The van der Waals surface area contributed by atoms with Crippen molar-refractivity contribution in [2.24, 2.45) is 0 Å². The molecule has 0 bridgehead atoms. The quantitative estimate of drug-likeness (QED) is 0.731. The normalized spacial score (nSPS) is 19.9. The number of imidazole rings is 2. The number of ether oxygens (including phenoxy) is 1. The van der Waals surface area contributed by atoms with Crippen molar-refractivity contribution in [1.82, 2.24) is 29.7 Å².